The average molecular weight is 299 g/mol. The maximum atomic E-state index is 11.2. The molecule has 0 heterocycles. The van der Waals surface area contributed by atoms with Crippen LogP contribution in [0.1, 0.15) is 111 Å². The Balaban J connectivity index is 3.31. The highest BCUT2D eigenvalue weighted by Gasteiger charge is 2.29. The fourth-order valence-electron chi connectivity index (χ4n) is 2.79. The fraction of sp³-hybridized carbons (Fsp3) is 0.947. The first-order chi connectivity index (χ1) is 10.1. The molecule has 0 fully saturated rings. The monoisotopic (exact) mass is 298 g/mol. The molecule has 1 atom stereocenters. The van der Waals surface area contributed by atoms with Crippen LogP contribution in [0.4, 0.5) is 0 Å². The van der Waals surface area contributed by atoms with Gasteiger partial charge in [-0.3, -0.25) is 4.79 Å². The van der Waals surface area contributed by atoms with E-state index >= 15 is 0 Å². The standard InChI is InChI=1S/C19H38O2/c1-4-6-7-8-9-10-11-12-13-14-15-16-17-19(3,5-2)18(20)21/h4-17H2,1-3H3,(H,20,21). The normalized spacial score (nSPS) is 14.0. The highest BCUT2D eigenvalue weighted by Crippen LogP contribution is 2.28. The van der Waals surface area contributed by atoms with E-state index in [9.17, 15) is 9.90 Å². The van der Waals surface area contributed by atoms with E-state index in [0.29, 0.717) is 0 Å². The van der Waals surface area contributed by atoms with Crippen molar-refractivity contribution in [1.29, 1.82) is 0 Å². The van der Waals surface area contributed by atoms with Crippen LogP contribution >= 0.6 is 0 Å². The fourth-order valence-corrected chi connectivity index (χ4v) is 2.79. The zero-order valence-electron chi connectivity index (χ0n) is 14.8. The highest BCUT2D eigenvalue weighted by atomic mass is 16.4. The summed E-state index contributed by atoms with van der Waals surface area (Å²) >= 11 is 0. The minimum atomic E-state index is -0.631. The first-order valence-corrected chi connectivity index (χ1v) is 9.30. The number of rotatable bonds is 15. The smallest absolute Gasteiger partial charge is 0.309 e. The van der Waals surface area contributed by atoms with Crippen LogP contribution < -0.4 is 0 Å². The lowest BCUT2D eigenvalue weighted by Crippen LogP contribution is -2.26. The Morgan fingerprint density at radius 1 is 0.762 bits per heavy atom. The molecule has 0 saturated carbocycles. The molecular formula is C19H38O2. The molecule has 2 nitrogen and oxygen atoms in total. The Morgan fingerprint density at radius 3 is 1.48 bits per heavy atom. The van der Waals surface area contributed by atoms with Gasteiger partial charge in [0.2, 0.25) is 0 Å². The second-order valence-electron chi connectivity index (χ2n) is 6.86. The maximum absolute atomic E-state index is 11.2. The number of carbonyl (C=O) groups is 1. The largest absolute Gasteiger partial charge is 0.481 e. The Labute approximate surface area is 132 Å². The molecule has 0 rings (SSSR count). The third kappa shape index (κ3) is 10.8. The second-order valence-corrected chi connectivity index (χ2v) is 6.86. The SMILES string of the molecule is CCCCCCCCCCCCCCC(C)(CC)C(=O)O. The van der Waals surface area contributed by atoms with Crippen molar-refractivity contribution >= 4 is 5.97 Å². The summed E-state index contributed by atoms with van der Waals surface area (Å²) in [6, 6.07) is 0. The number of hydrogen-bond donors (Lipinski definition) is 1. The molecule has 0 aliphatic heterocycles. The van der Waals surface area contributed by atoms with Crippen LogP contribution in [0.3, 0.4) is 0 Å². The van der Waals surface area contributed by atoms with Crippen LogP contribution in [0.5, 0.6) is 0 Å². The lowest BCUT2D eigenvalue weighted by Gasteiger charge is -2.22. The molecule has 0 bridgehead atoms. The van der Waals surface area contributed by atoms with E-state index in [-0.39, 0.29) is 0 Å². The Hall–Kier alpha value is -0.530. The molecule has 1 unspecified atom stereocenters. The summed E-state index contributed by atoms with van der Waals surface area (Å²) in [6.45, 7) is 6.13. The molecule has 0 aromatic rings. The number of carboxylic acids is 1. The number of hydrogen-bond acceptors (Lipinski definition) is 1. The van der Waals surface area contributed by atoms with Crippen molar-refractivity contribution in [3.8, 4) is 0 Å². The van der Waals surface area contributed by atoms with Gasteiger partial charge in [0.15, 0.2) is 0 Å². The van der Waals surface area contributed by atoms with E-state index in [1.165, 1.54) is 70.6 Å². The summed E-state index contributed by atoms with van der Waals surface area (Å²) in [4.78, 5) is 11.2. The molecule has 0 aromatic heterocycles. The lowest BCUT2D eigenvalue weighted by atomic mass is 9.82. The van der Waals surface area contributed by atoms with Gasteiger partial charge in [0.05, 0.1) is 5.41 Å². The van der Waals surface area contributed by atoms with E-state index in [1.807, 2.05) is 13.8 Å². The van der Waals surface area contributed by atoms with Gasteiger partial charge in [-0.15, -0.1) is 0 Å². The third-order valence-corrected chi connectivity index (χ3v) is 4.88. The van der Waals surface area contributed by atoms with Crippen LogP contribution in [-0.4, -0.2) is 11.1 Å². The van der Waals surface area contributed by atoms with Gasteiger partial charge in [0, 0.05) is 0 Å². The van der Waals surface area contributed by atoms with Crippen LogP contribution in [-0.2, 0) is 4.79 Å². The van der Waals surface area contributed by atoms with Crippen molar-refractivity contribution < 1.29 is 9.90 Å². The lowest BCUT2D eigenvalue weighted by molar-refractivity contribution is -0.148. The van der Waals surface area contributed by atoms with Crippen LogP contribution in [0, 0.1) is 5.41 Å². The quantitative estimate of drug-likeness (QED) is 0.347. The number of unbranched alkanes of at least 4 members (excludes halogenated alkanes) is 11. The van der Waals surface area contributed by atoms with E-state index in [0.717, 1.165) is 19.3 Å². The molecule has 0 saturated heterocycles. The van der Waals surface area contributed by atoms with Gasteiger partial charge in [-0.05, 0) is 19.8 Å². The Kier molecular flexibility index (Phi) is 12.8. The van der Waals surface area contributed by atoms with Crippen molar-refractivity contribution in [3.05, 3.63) is 0 Å². The Morgan fingerprint density at radius 2 is 1.14 bits per heavy atom. The Bertz CT molecular complexity index is 250. The number of aliphatic carboxylic acids is 1. The third-order valence-electron chi connectivity index (χ3n) is 4.88. The summed E-state index contributed by atoms with van der Waals surface area (Å²) in [6.07, 6.45) is 17.5. The van der Waals surface area contributed by atoms with E-state index < -0.39 is 11.4 Å². The van der Waals surface area contributed by atoms with Crippen molar-refractivity contribution in [2.24, 2.45) is 5.41 Å². The first kappa shape index (κ1) is 20.5. The molecule has 0 aliphatic rings. The van der Waals surface area contributed by atoms with Crippen LogP contribution in [0.25, 0.3) is 0 Å². The van der Waals surface area contributed by atoms with E-state index in [4.69, 9.17) is 0 Å². The van der Waals surface area contributed by atoms with E-state index in [1.54, 1.807) is 0 Å². The predicted octanol–water partition coefficient (Wildman–Crippen LogP) is 6.58. The van der Waals surface area contributed by atoms with Gasteiger partial charge in [0.1, 0.15) is 0 Å². The molecule has 21 heavy (non-hydrogen) atoms. The highest BCUT2D eigenvalue weighted by molar-refractivity contribution is 5.73. The molecule has 0 aliphatic carbocycles. The zero-order chi connectivity index (χ0) is 16.0. The van der Waals surface area contributed by atoms with Crippen molar-refractivity contribution in [2.75, 3.05) is 0 Å². The molecule has 0 spiro atoms. The molecule has 0 radical (unpaired) electrons. The van der Waals surface area contributed by atoms with Crippen molar-refractivity contribution in [2.45, 2.75) is 111 Å². The molecular weight excluding hydrogens is 260 g/mol. The zero-order valence-corrected chi connectivity index (χ0v) is 14.8. The molecule has 1 N–H and O–H groups in total. The molecule has 126 valence electrons. The van der Waals surface area contributed by atoms with Gasteiger partial charge >= 0.3 is 5.97 Å². The molecule has 0 amide bonds. The average Bonchev–Trinajstić information content (AvgIpc) is 2.47. The first-order valence-electron chi connectivity index (χ1n) is 9.30. The summed E-state index contributed by atoms with van der Waals surface area (Å²) in [5.74, 6) is -0.631. The molecule has 2 heteroatoms. The van der Waals surface area contributed by atoms with Gasteiger partial charge in [-0.2, -0.15) is 0 Å². The minimum Gasteiger partial charge on any atom is -0.481 e. The summed E-state index contributed by atoms with van der Waals surface area (Å²) in [5, 5.41) is 9.21. The summed E-state index contributed by atoms with van der Waals surface area (Å²) < 4.78 is 0. The van der Waals surface area contributed by atoms with Crippen LogP contribution in [0.2, 0.25) is 0 Å². The van der Waals surface area contributed by atoms with Gasteiger partial charge in [-0.25, -0.2) is 0 Å². The summed E-state index contributed by atoms with van der Waals surface area (Å²) in [5.41, 5.74) is -0.501. The van der Waals surface area contributed by atoms with Gasteiger partial charge in [0.25, 0.3) is 0 Å². The van der Waals surface area contributed by atoms with Crippen LogP contribution in [0.15, 0.2) is 0 Å². The van der Waals surface area contributed by atoms with E-state index in [2.05, 4.69) is 6.92 Å². The van der Waals surface area contributed by atoms with Crippen molar-refractivity contribution in [3.63, 3.8) is 0 Å². The number of carboxylic acid groups (broad SMARTS) is 1. The maximum Gasteiger partial charge on any atom is 0.309 e. The van der Waals surface area contributed by atoms with Gasteiger partial charge in [-0.1, -0.05) is 90.9 Å². The predicted molar refractivity (Wildman–Crippen MR) is 91.7 cm³/mol. The second kappa shape index (κ2) is 13.2. The molecule has 0 aromatic carbocycles. The van der Waals surface area contributed by atoms with Gasteiger partial charge < -0.3 is 5.11 Å². The summed E-state index contributed by atoms with van der Waals surface area (Å²) in [7, 11) is 0. The van der Waals surface area contributed by atoms with Crippen molar-refractivity contribution in [1.82, 2.24) is 0 Å². The topological polar surface area (TPSA) is 37.3 Å². The minimum absolute atomic E-state index is 0.501.